The van der Waals surface area contributed by atoms with Crippen molar-refractivity contribution < 1.29 is 19.1 Å². The zero-order valence-corrected chi connectivity index (χ0v) is 16.6. The van der Waals surface area contributed by atoms with Crippen molar-refractivity contribution in [3.63, 3.8) is 0 Å². The summed E-state index contributed by atoms with van der Waals surface area (Å²) in [4.78, 5) is 37.6. The number of nitrogens with one attached hydrogen (secondary N) is 1. The van der Waals surface area contributed by atoms with Gasteiger partial charge in [0, 0.05) is 16.0 Å². The van der Waals surface area contributed by atoms with Crippen molar-refractivity contribution in [2.24, 2.45) is 0 Å². The number of anilines is 1. The lowest BCUT2D eigenvalue weighted by molar-refractivity contribution is -0.119. The summed E-state index contributed by atoms with van der Waals surface area (Å²) in [6.45, 7) is -0.397. The molecule has 1 N–H and O–H groups in total. The third-order valence-electron chi connectivity index (χ3n) is 4.13. The summed E-state index contributed by atoms with van der Waals surface area (Å²) >= 11 is 1.51. The number of amides is 1. The van der Waals surface area contributed by atoms with Gasteiger partial charge in [-0.1, -0.05) is 54.6 Å². The fourth-order valence-electron chi connectivity index (χ4n) is 2.66. The van der Waals surface area contributed by atoms with Gasteiger partial charge in [0.2, 0.25) is 0 Å². The third-order valence-corrected chi connectivity index (χ3v) is 4.93. The predicted octanol–water partition coefficient (Wildman–Crippen LogP) is 4.44. The molecule has 0 aromatic heterocycles. The Labute approximate surface area is 173 Å². The summed E-state index contributed by atoms with van der Waals surface area (Å²) in [7, 11) is 0. The average molecular weight is 405 g/mol. The minimum absolute atomic E-state index is 0.127. The van der Waals surface area contributed by atoms with Crippen LogP contribution in [-0.2, 0) is 9.53 Å². The van der Waals surface area contributed by atoms with Crippen molar-refractivity contribution in [3.8, 4) is 0 Å². The van der Waals surface area contributed by atoms with Crippen LogP contribution in [0, 0.1) is 0 Å². The molecule has 0 saturated carbocycles. The highest BCUT2D eigenvalue weighted by Gasteiger charge is 2.13. The molecule has 3 aromatic rings. The second-order valence-electron chi connectivity index (χ2n) is 6.10. The number of esters is 1. The van der Waals surface area contributed by atoms with Crippen LogP contribution in [0.4, 0.5) is 5.69 Å². The Bertz CT molecular complexity index is 1020. The number of hydrogen-bond donors (Lipinski definition) is 1. The Morgan fingerprint density at radius 1 is 0.793 bits per heavy atom. The number of ketones is 1. The van der Waals surface area contributed by atoms with E-state index >= 15 is 0 Å². The number of para-hydroxylation sites is 1. The number of rotatable bonds is 7. The van der Waals surface area contributed by atoms with Gasteiger partial charge in [-0.15, -0.1) is 11.8 Å². The van der Waals surface area contributed by atoms with E-state index in [0.29, 0.717) is 16.8 Å². The molecule has 6 heteroatoms. The minimum atomic E-state index is -0.628. The van der Waals surface area contributed by atoms with Gasteiger partial charge in [0.05, 0.1) is 11.3 Å². The predicted molar refractivity (Wildman–Crippen MR) is 113 cm³/mol. The lowest BCUT2D eigenvalue weighted by Crippen LogP contribution is -2.21. The van der Waals surface area contributed by atoms with Crippen molar-refractivity contribution in [2.75, 3.05) is 18.2 Å². The zero-order chi connectivity index (χ0) is 20.6. The number of hydrogen-bond acceptors (Lipinski definition) is 5. The molecule has 0 fully saturated rings. The maximum atomic E-state index is 12.4. The van der Waals surface area contributed by atoms with Crippen LogP contribution in [0.5, 0.6) is 0 Å². The van der Waals surface area contributed by atoms with Gasteiger partial charge >= 0.3 is 5.97 Å². The molecule has 0 aliphatic carbocycles. The monoisotopic (exact) mass is 405 g/mol. The fourth-order valence-corrected chi connectivity index (χ4v) is 3.22. The van der Waals surface area contributed by atoms with E-state index in [1.54, 1.807) is 42.5 Å². The highest BCUT2D eigenvalue weighted by atomic mass is 32.2. The number of carbonyl (C=O) groups excluding carboxylic acids is 3. The van der Waals surface area contributed by atoms with E-state index in [1.165, 1.54) is 23.9 Å². The van der Waals surface area contributed by atoms with Crippen molar-refractivity contribution in [1.82, 2.24) is 0 Å². The van der Waals surface area contributed by atoms with E-state index in [4.69, 9.17) is 4.74 Å². The minimum Gasteiger partial charge on any atom is -0.452 e. The van der Waals surface area contributed by atoms with Gasteiger partial charge in [0.15, 0.2) is 12.4 Å². The third kappa shape index (κ3) is 5.33. The smallest absolute Gasteiger partial charge is 0.338 e. The Hall–Kier alpha value is -3.38. The molecule has 0 unspecified atom stereocenters. The Kier molecular flexibility index (Phi) is 6.81. The second kappa shape index (κ2) is 9.71. The van der Waals surface area contributed by atoms with E-state index in [2.05, 4.69) is 5.32 Å². The van der Waals surface area contributed by atoms with Crippen LogP contribution in [0.15, 0.2) is 83.8 Å². The van der Waals surface area contributed by atoms with Gasteiger partial charge in [0.25, 0.3) is 5.91 Å². The number of benzene rings is 3. The van der Waals surface area contributed by atoms with Gasteiger partial charge in [-0.25, -0.2) is 4.79 Å². The molecule has 0 radical (unpaired) electrons. The summed E-state index contributed by atoms with van der Waals surface area (Å²) in [5.41, 5.74) is 1.99. The topological polar surface area (TPSA) is 72.5 Å². The van der Waals surface area contributed by atoms with E-state index in [0.717, 1.165) is 4.90 Å². The van der Waals surface area contributed by atoms with Gasteiger partial charge in [0.1, 0.15) is 0 Å². The Balaban J connectivity index is 1.57. The molecule has 1 amide bonds. The van der Waals surface area contributed by atoms with Crippen molar-refractivity contribution >= 4 is 35.1 Å². The molecule has 3 rings (SSSR count). The van der Waals surface area contributed by atoms with E-state index in [1.807, 2.05) is 30.5 Å². The first-order chi connectivity index (χ1) is 14.1. The van der Waals surface area contributed by atoms with Crippen LogP contribution in [0.3, 0.4) is 0 Å². The standard InChI is InChI=1S/C23H19NO4S/c1-29-20-10-6-5-9-19(20)24-21(25)15-28-23(27)18-13-11-17(12-14-18)22(26)16-7-3-2-4-8-16/h2-14H,15H2,1H3,(H,24,25). The van der Waals surface area contributed by atoms with Crippen LogP contribution in [0.25, 0.3) is 0 Å². The molecule has 29 heavy (non-hydrogen) atoms. The molecular formula is C23H19NO4S. The Morgan fingerprint density at radius 3 is 2.07 bits per heavy atom. The number of thioether (sulfide) groups is 1. The molecule has 0 aliphatic heterocycles. The molecule has 0 bridgehead atoms. The second-order valence-corrected chi connectivity index (χ2v) is 6.95. The van der Waals surface area contributed by atoms with Gasteiger partial charge < -0.3 is 10.1 Å². The van der Waals surface area contributed by atoms with E-state index in [9.17, 15) is 14.4 Å². The summed E-state index contributed by atoms with van der Waals surface area (Å²) < 4.78 is 5.08. The molecular weight excluding hydrogens is 386 g/mol. The maximum absolute atomic E-state index is 12.4. The SMILES string of the molecule is CSc1ccccc1NC(=O)COC(=O)c1ccc(C(=O)c2ccccc2)cc1. The lowest BCUT2D eigenvalue weighted by atomic mass is 10.0. The highest BCUT2D eigenvalue weighted by molar-refractivity contribution is 7.98. The highest BCUT2D eigenvalue weighted by Crippen LogP contribution is 2.24. The molecule has 0 atom stereocenters. The zero-order valence-electron chi connectivity index (χ0n) is 15.8. The van der Waals surface area contributed by atoms with Gasteiger partial charge in [-0.05, 0) is 30.5 Å². The largest absolute Gasteiger partial charge is 0.452 e. The molecule has 0 aliphatic rings. The molecule has 5 nitrogen and oxygen atoms in total. The lowest BCUT2D eigenvalue weighted by Gasteiger charge is -2.10. The van der Waals surface area contributed by atoms with Gasteiger partial charge in [-0.2, -0.15) is 0 Å². The molecule has 0 saturated heterocycles. The summed E-state index contributed by atoms with van der Waals surface area (Å²) in [5.74, 6) is -1.18. The number of carbonyl (C=O) groups is 3. The van der Waals surface area contributed by atoms with Crippen LogP contribution in [-0.4, -0.2) is 30.5 Å². The maximum Gasteiger partial charge on any atom is 0.338 e. The fraction of sp³-hybridized carbons (Fsp3) is 0.0870. The van der Waals surface area contributed by atoms with Gasteiger partial charge in [-0.3, -0.25) is 9.59 Å². The summed E-state index contributed by atoms with van der Waals surface area (Å²) in [5, 5.41) is 2.73. The van der Waals surface area contributed by atoms with E-state index in [-0.39, 0.29) is 11.3 Å². The first-order valence-corrected chi connectivity index (χ1v) is 10.1. The van der Waals surface area contributed by atoms with Crippen LogP contribution in [0.1, 0.15) is 26.3 Å². The summed E-state index contributed by atoms with van der Waals surface area (Å²) in [6.07, 6.45) is 1.91. The quantitative estimate of drug-likeness (QED) is 0.358. The normalized spacial score (nSPS) is 10.2. The van der Waals surface area contributed by atoms with Crippen molar-refractivity contribution in [2.45, 2.75) is 4.90 Å². The molecule has 0 heterocycles. The molecule has 146 valence electrons. The Morgan fingerprint density at radius 2 is 1.38 bits per heavy atom. The average Bonchev–Trinajstić information content (AvgIpc) is 2.78. The molecule has 0 spiro atoms. The van der Waals surface area contributed by atoms with E-state index < -0.39 is 18.5 Å². The first kappa shape index (κ1) is 20.4. The first-order valence-electron chi connectivity index (χ1n) is 8.88. The molecule has 3 aromatic carbocycles. The van der Waals surface area contributed by atoms with Crippen LogP contribution >= 0.6 is 11.8 Å². The van der Waals surface area contributed by atoms with Crippen LogP contribution in [0.2, 0.25) is 0 Å². The number of ether oxygens (including phenoxy) is 1. The van der Waals surface area contributed by atoms with Crippen LogP contribution < -0.4 is 5.32 Å². The summed E-state index contributed by atoms with van der Waals surface area (Å²) in [6, 6.07) is 22.4. The van der Waals surface area contributed by atoms with Crippen molar-refractivity contribution in [1.29, 1.82) is 0 Å². The van der Waals surface area contributed by atoms with Crippen molar-refractivity contribution in [3.05, 3.63) is 95.6 Å².